The molecule has 9 heteroatoms. The van der Waals surface area contributed by atoms with Crippen molar-refractivity contribution in [1.29, 1.82) is 0 Å². The van der Waals surface area contributed by atoms with Crippen LogP contribution < -0.4 is 5.32 Å². The van der Waals surface area contributed by atoms with Crippen molar-refractivity contribution in [3.63, 3.8) is 0 Å². The highest BCUT2D eigenvalue weighted by atomic mass is 32.3. The number of nitrogens with one attached hydrogen (secondary N) is 1. The van der Waals surface area contributed by atoms with Crippen LogP contribution in [0.1, 0.15) is 32.8 Å². The number of halogens is 1. The number of hydrogen-bond donors (Lipinski definition) is 1. The van der Waals surface area contributed by atoms with Gasteiger partial charge in [0.05, 0.1) is 0 Å². The van der Waals surface area contributed by atoms with Crippen LogP contribution in [0, 0.1) is 0 Å². The SMILES string of the molecule is CC(C)(C)OC(=O)Nc1ccccc1CN1CC(S(=O)(=O)F)CC1=O. The molecule has 1 fully saturated rings. The van der Waals surface area contributed by atoms with Crippen molar-refractivity contribution in [2.45, 2.75) is 44.6 Å². The molecule has 1 unspecified atom stereocenters. The Hall–Kier alpha value is -2.16. The van der Waals surface area contributed by atoms with E-state index in [9.17, 15) is 21.9 Å². The smallest absolute Gasteiger partial charge is 0.412 e. The number of amides is 2. The minimum atomic E-state index is -4.76. The molecule has 2 rings (SSSR count). The Labute approximate surface area is 146 Å². The molecule has 0 saturated carbocycles. The molecular weight excluding hydrogens is 351 g/mol. The molecule has 1 aromatic carbocycles. The van der Waals surface area contributed by atoms with E-state index in [0.717, 1.165) is 0 Å². The van der Waals surface area contributed by atoms with Gasteiger partial charge in [-0.25, -0.2) is 4.79 Å². The maximum Gasteiger partial charge on any atom is 0.412 e. The molecule has 1 aliphatic rings. The van der Waals surface area contributed by atoms with E-state index in [0.29, 0.717) is 11.3 Å². The first kappa shape index (κ1) is 19.2. The zero-order chi connectivity index (χ0) is 18.8. The molecule has 0 radical (unpaired) electrons. The molecule has 7 nitrogen and oxygen atoms in total. The van der Waals surface area contributed by atoms with Gasteiger partial charge in [-0.3, -0.25) is 10.1 Å². The number of anilines is 1. The minimum absolute atomic E-state index is 0.0663. The van der Waals surface area contributed by atoms with E-state index in [1.807, 2.05) is 0 Å². The van der Waals surface area contributed by atoms with Crippen molar-refractivity contribution in [3.8, 4) is 0 Å². The number of likely N-dealkylation sites (tertiary alicyclic amines) is 1. The summed E-state index contributed by atoms with van der Waals surface area (Å²) in [5, 5.41) is 1.26. The van der Waals surface area contributed by atoms with Gasteiger partial charge in [-0.2, -0.15) is 8.42 Å². The molecule has 1 aliphatic heterocycles. The molecular formula is C16H21FN2O5S. The van der Waals surface area contributed by atoms with Gasteiger partial charge in [0, 0.05) is 25.2 Å². The van der Waals surface area contributed by atoms with Gasteiger partial charge < -0.3 is 9.64 Å². The van der Waals surface area contributed by atoms with Gasteiger partial charge in [-0.05, 0) is 32.4 Å². The van der Waals surface area contributed by atoms with E-state index in [2.05, 4.69) is 5.32 Å². The lowest BCUT2D eigenvalue weighted by atomic mass is 10.1. The molecule has 1 saturated heterocycles. The molecule has 138 valence electrons. The molecule has 0 bridgehead atoms. The lowest BCUT2D eigenvalue weighted by Crippen LogP contribution is -2.29. The Morgan fingerprint density at radius 2 is 2.00 bits per heavy atom. The third kappa shape index (κ3) is 5.42. The maximum atomic E-state index is 13.1. The molecule has 25 heavy (non-hydrogen) atoms. The number of para-hydroxylation sites is 1. The highest BCUT2D eigenvalue weighted by Gasteiger charge is 2.38. The predicted octanol–water partition coefficient (Wildman–Crippen LogP) is 2.43. The second-order valence-electron chi connectivity index (χ2n) is 6.86. The fourth-order valence-corrected chi connectivity index (χ4v) is 3.18. The zero-order valence-corrected chi connectivity index (χ0v) is 15.1. The second-order valence-corrected chi connectivity index (χ2v) is 8.48. The highest BCUT2D eigenvalue weighted by Crippen LogP contribution is 2.24. The summed E-state index contributed by atoms with van der Waals surface area (Å²) < 4.78 is 40.3. The summed E-state index contributed by atoms with van der Waals surface area (Å²) in [6, 6.07) is 6.76. The van der Waals surface area contributed by atoms with Crippen LogP contribution in [0.3, 0.4) is 0 Å². The number of nitrogens with zero attached hydrogens (tertiary/aromatic N) is 1. The molecule has 0 spiro atoms. The fourth-order valence-electron chi connectivity index (χ4n) is 2.48. The molecule has 1 atom stereocenters. The van der Waals surface area contributed by atoms with Crippen molar-refractivity contribution in [1.82, 2.24) is 4.90 Å². The molecule has 1 aromatic rings. The van der Waals surface area contributed by atoms with Gasteiger partial charge in [0.2, 0.25) is 5.91 Å². The number of carbonyl (C=O) groups excluding carboxylic acids is 2. The summed E-state index contributed by atoms with van der Waals surface area (Å²) >= 11 is 0. The van der Waals surface area contributed by atoms with E-state index in [1.54, 1.807) is 45.0 Å². The Balaban J connectivity index is 2.11. The minimum Gasteiger partial charge on any atom is -0.444 e. The highest BCUT2D eigenvalue weighted by molar-refractivity contribution is 7.87. The lowest BCUT2D eigenvalue weighted by Gasteiger charge is -2.22. The van der Waals surface area contributed by atoms with Gasteiger partial charge in [-0.1, -0.05) is 18.2 Å². The predicted molar refractivity (Wildman–Crippen MR) is 90.1 cm³/mol. The van der Waals surface area contributed by atoms with Gasteiger partial charge >= 0.3 is 16.3 Å². The number of carbonyl (C=O) groups is 2. The summed E-state index contributed by atoms with van der Waals surface area (Å²) in [6.45, 7) is 5.06. The molecule has 0 aromatic heterocycles. The van der Waals surface area contributed by atoms with Gasteiger partial charge in [-0.15, -0.1) is 3.89 Å². The van der Waals surface area contributed by atoms with Gasteiger partial charge in [0.25, 0.3) is 0 Å². The average Bonchev–Trinajstić information content (AvgIpc) is 2.80. The van der Waals surface area contributed by atoms with E-state index in [4.69, 9.17) is 4.74 Å². The average molecular weight is 372 g/mol. The topological polar surface area (TPSA) is 92.8 Å². The third-order valence-electron chi connectivity index (χ3n) is 3.59. The van der Waals surface area contributed by atoms with Crippen LogP contribution in [0.5, 0.6) is 0 Å². The van der Waals surface area contributed by atoms with Crippen molar-refractivity contribution >= 4 is 27.9 Å². The van der Waals surface area contributed by atoms with Gasteiger partial charge in [0.1, 0.15) is 10.9 Å². The molecule has 1 heterocycles. The van der Waals surface area contributed by atoms with Gasteiger partial charge in [0.15, 0.2) is 0 Å². The Morgan fingerprint density at radius 3 is 2.56 bits per heavy atom. The molecule has 2 amide bonds. The van der Waals surface area contributed by atoms with E-state index >= 15 is 0 Å². The Morgan fingerprint density at radius 1 is 1.36 bits per heavy atom. The number of benzene rings is 1. The maximum absolute atomic E-state index is 13.1. The van der Waals surface area contributed by atoms with Crippen molar-refractivity contribution in [3.05, 3.63) is 29.8 Å². The Kier molecular flexibility index (Phi) is 5.36. The summed E-state index contributed by atoms with van der Waals surface area (Å²) in [4.78, 5) is 25.1. The summed E-state index contributed by atoms with van der Waals surface area (Å²) in [5.74, 6) is -0.446. The van der Waals surface area contributed by atoms with E-state index in [-0.39, 0.29) is 19.5 Å². The third-order valence-corrected chi connectivity index (χ3v) is 4.70. The van der Waals surface area contributed by atoms with Crippen molar-refractivity contribution in [2.75, 3.05) is 11.9 Å². The summed E-state index contributed by atoms with van der Waals surface area (Å²) in [5.41, 5.74) is 0.377. The first-order valence-electron chi connectivity index (χ1n) is 7.75. The van der Waals surface area contributed by atoms with Crippen LogP contribution >= 0.6 is 0 Å². The first-order valence-corrected chi connectivity index (χ1v) is 9.19. The van der Waals surface area contributed by atoms with Crippen LogP contribution in [-0.2, 0) is 26.3 Å². The standard InChI is InChI=1S/C16H21FN2O5S/c1-16(2,3)24-15(21)18-13-7-5-4-6-11(13)9-19-10-12(8-14(19)20)25(17,22)23/h4-7,12H,8-10H2,1-3H3,(H,18,21). The quantitative estimate of drug-likeness (QED) is 0.820. The van der Waals surface area contributed by atoms with Crippen LogP contribution in [0.15, 0.2) is 24.3 Å². The van der Waals surface area contributed by atoms with Crippen molar-refractivity contribution in [2.24, 2.45) is 0 Å². The van der Waals surface area contributed by atoms with E-state index in [1.165, 1.54) is 4.90 Å². The van der Waals surface area contributed by atoms with Crippen LogP contribution in [0.25, 0.3) is 0 Å². The normalized spacial score (nSPS) is 18.3. The van der Waals surface area contributed by atoms with Crippen LogP contribution in [0.4, 0.5) is 14.4 Å². The second kappa shape index (κ2) is 6.99. The molecule has 1 N–H and O–H groups in total. The zero-order valence-electron chi connectivity index (χ0n) is 14.3. The van der Waals surface area contributed by atoms with Crippen LogP contribution in [-0.4, -0.2) is 42.7 Å². The Bertz CT molecular complexity index is 773. The van der Waals surface area contributed by atoms with Crippen LogP contribution in [0.2, 0.25) is 0 Å². The number of hydrogen-bond acceptors (Lipinski definition) is 5. The fraction of sp³-hybridized carbons (Fsp3) is 0.500. The lowest BCUT2D eigenvalue weighted by molar-refractivity contribution is -0.128. The molecule has 0 aliphatic carbocycles. The van der Waals surface area contributed by atoms with Crippen molar-refractivity contribution < 1.29 is 26.6 Å². The largest absolute Gasteiger partial charge is 0.444 e. The summed E-state index contributed by atoms with van der Waals surface area (Å²) in [7, 11) is -4.76. The number of ether oxygens (including phenoxy) is 1. The number of rotatable bonds is 4. The van der Waals surface area contributed by atoms with E-state index < -0.39 is 33.1 Å². The summed E-state index contributed by atoms with van der Waals surface area (Å²) in [6.07, 6.45) is -1.02. The monoisotopic (exact) mass is 372 g/mol. The first-order chi connectivity index (χ1) is 11.5.